The first-order valence-corrected chi connectivity index (χ1v) is 11.2. The standard InChI is InChI=1S/C23H38N4O3.HI/c1-24-23(26-17-19-9-7-13-27(19)14-15-28-2)25-16-18-8-6-12-21(29-3)22(18)30-20-10-4-5-11-20;/h6,8,12,19-20H,4-5,7,9-11,13-17H2,1-3H3,(H2,24,25,26);1H. The third-order valence-electron chi connectivity index (χ3n) is 6.12. The van der Waals surface area contributed by atoms with Gasteiger partial charge in [-0.15, -0.1) is 24.0 Å². The molecular formula is C23H39IN4O3. The molecule has 1 aliphatic heterocycles. The molecule has 1 aromatic rings. The van der Waals surface area contributed by atoms with E-state index in [1.54, 1.807) is 14.2 Å². The Kier molecular flexibility index (Phi) is 11.7. The number of rotatable bonds is 10. The molecule has 8 heteroatoms. The number of methoxy groups -OCH3 is 2. The second kappa shape index (κ2) is 14.0. The van der Waals surface area contributed by atoms with E-state index in [-0.39, 0.29) is 30.1 Å². The van der Waals surface area contributed by atoms with Gasteiger partial charge in [0.25, 0.3) is 0 Å². The van der Waals surface area contributed by atoms with Crippen LogP contribution in [0.1, 0.15) is 44.1 Å². The van der Waals surface area contributed by atoms with Crippen LogP contribution in [-0.4, -0.2) is 70.5 Å². The summed E-state index contributed by atoms with van der Waals surface area (Å²) in [7, 11) is 5.28. The van der Waals surface area contributed by atoms with Crippen molar-refractivity contribution < 1.29 is 14.2 Å². The number of nitrogens with one attached hydrogen (secondary N) is 2. The van der Waals surface area contributed by atoms with Crippen molar-refractivity contribution in [3.8, 4) is 11.5 Å². The number of guanidine groups is 1. The molecule has 31 heavy (non-hydrogen) atoms. The molecule has 1 heterocycles. The fraction of sp³-hybridized carbons (Fsp3) is 0.696. The third kappa shape index (κ3) is 7.68. The van der Waals surface area contributed by atoms with Crippen molar-refractivity contribution in [1.82, 2.24) is 15.5 Å². The van der Waals surface area contributed by atoms with Gasteiger partial charge in [0, 0.05) is 45.4 Å². The van der Waals surface area contributed by atoms with Gasteiger partial charge in [0.1, 0.15) is 0 Å². The van der Waals surface area contributed by atoms with Crippen LogP contribution in [-0.2, 0) is 11.3 Å². The molecule has 1 aliphatic carbocycles. The Balaban J connectivity index is 0.00000341. The van der Waals surface area contributed by atoms with Gasteiger partial charge >= 0.3 is 0 Å². The molecule has 2 fully saturated rings. The van der Waals surface area contributed by atoms with Crippen molar-refractivity contribution in [3.05, 3.63) is 23.8 Å². The molecule has 1 atom stereocenters. The van der Waals surface area contributed by atoms with E-state index in [0.29, 0.717) is 12.6 Å². The summed E-state index contributed by atoms with van der Waals surface area (Å²) in [6.45, 7) is 4.43. The maximum Gasteiger partial charge on any atom is 0.191 e. The first-order chi connectivity index (χ1) is 14.7. The van der Waals surface area contributed by atoms with Crippen LogP contribution in [0.4, 0.5) is 0 Å². The maximum absolute atomic E-state index is 6.34. The lowest BCUT2D eigenvalue weighted by Gasteiger charge is -2.25. The first kappa shape index (κ1) is 26.0. The summed E-state index contributed by atoms with van der Waals surface area (Å²) in [6, 6.07) is 6.60. The first-order valence-electron chi connectivity index (χ1n) is 11.2. The van der Waals surface area contributed by atoms with E-state index in [1.807, 2.05) is 19.2 Å². The van der Waals surface area contributed by atoms with Crippen LogP contribution in [0.15, 0.2) is 23.2 Å². The van der Waals surface area contributed by atoms with Gasteiger partial charge in [0.2, 0.25) is 0 Å². The largest absolute Gasteiger partial charge is 0.493 e. The number of likely N-dealkylation sites (tertiary alicyclic amines) is 1. The lowest BCUT2D eigenvalue weighted by atomic mass is 10.1. The predicted octanol–water partition coefficient (Wildman–Crippen LogP) is 3.41. The Bertz CT molecular complexity index is 683. The highest BCUT2D eigenvalue weighted by atomic mass is 127. The second-order valence-corrected chi connectivity index (χ2v) is 8.10. The van der Waals surface area contributed by atoms with Crippen molar-refractivity contribution in [2.75, 3.05) is 47.5 Å². The van der Waals surface area contributed by atoms with E-state index < -0.39 is 0 Å². The van der Waals surface area contributed by atoms with Crippen molar-refractivity contribution in [2.45, 2.75) is 57.2 Å². The van der Waals surface area contributed by atoms with Crippen molar-refractivity contribution >= 4 is 29.9 Å². The molecule has 1 unspecified atom stereocenters. The number of halogens is 1. The highest BCUT2D eigenvalue weighted by Crippen LogP contribution is 2.34. The molecule has 0 aromatic heterocycles. The number of hydrogen-bond acceptors (Lipinski definition) is 5. The Morgan fingerprint density at radius 3 is 2.65 bits per heavy atom. The van der Waals surface area contributed by atoms with E-state index in [0.717, 1.165) is 62.1 Å². The van der Waals surface area contributed by atoms with Gasteiger partial charge in [-0.2, -0.15) is 0 Å². The van der Waals surface area contributed by atoms with Crippen LogP contribution < -0.4 is 20.1 Å². The zero-order valence-corrected chi connectivity index (χ0v) is 21.5. The molecule has 1 saturated carbocycles. The quantitative estimate of drug-likeness (QED) is 0.267. The molecule has 3 rings (SSSR count). The van der Waals surface area contributed by atoms with Gasteiger partial charge in [0.05, 0.1) is 19.8 Å². The minimum atomic E-state index is 0. The number of hydrogen-bond donors (Lipinski definition) is 2. The summed E-state index contributed by atoms with van der Waals surface area (Å²) in [4.78, 5) is 6.91. The van der Waals surface area contributed by atoms with Crippen LogP contribution in [0.3, 0.4) is 0 Å². The lowest BCUT2D eigenvalue weighted by Crippen LogP contribution is -2.45. The van der Waals surface area contributed by atoms with Gasteiger partial charge in [-0.25, -0.2) is 0 Å². The highest BCUT2D eigenvalue weighted by molar-refractivity contribution is 14.0. The Morgan fingerprint density at radius 2 is 1.94 bits per heavy atom. The highest BCUT2D eigenvalue weighted by Gasteiger charge is 2.24. The normalized spacial score (nSPS) is 19.8. The number of aliphatic imine (C=N–C) groups is 1. The number of benzene rings is 1. The summed E-state index contributed by atoms with van der Waals surface area (Å²) in [6.07, 6.45) is 7.47. The average molecular weight is 546 g/mol. The smallest absolute Gasteiger partial charge is 0.191 e. The Hall–Kier alpha value is -1.26. The average Bonchev–Trinajstić information content (AvgIpc) is 3.45. The van der Waals surface area contributed by atoms with Crippen molar-refractivity contribution in [2.24, 2.45) is 4.99 Å². The van der Waals surface area contributed by atoms with Gasteiger partial charge in [-0.1, -0.05) is 12.1 Å². The molecule has 0 amide bonds. The van der Waals surface area contributed by atoms with E-state index in [1.165, 1.54) is 25.7 Å². The molecule has 2 aliphatic rings. The summed E-state index contributed by atoms with van der Waals surface area (Å²) in [5.41, 5.74) is 1.09. The lowest BCUT2D eigenvalue weighted by molar-refractivity contribution is 0.141. The SMILES string of the molecule is CN=C(NCc1cccc(OC)c1OC1CCCC1)NCC1CCCN1CCOC.I. The molecule has 7 nitrogen and oxygen atoms in total. The zero-order valence-electron chi connectivity index (χ0n) is 19.2. The number of para-hydroxylation sites is 1. The summed E-state index contributed by atoms with van der Waals surface area (Å²) < 4.78 is 17.2. The van der Waals surface area contributed by atoms with E-state index in [9.17, 15) is 0 Å². The van der Waals surface area contributed by atoms with Gasteiger partial charge in [-0.05, 0) is 51.1 Å². The predicted molar refractivity (Wildman–Crippen MR) is 136 cm³/mol. The molecule has 1 saturated heterocycles. The van der Waals surface area contributed by atoms with E-state index in [2.05, 4.69) is 26.6 Å². The fourth-order valence-electron chi connectivity index (χ4n) is 4.41. The topological polar surface area (TPSA) is 67.4 Å². The van der Waals surface area contributed by atoms with Gasteiger partial charge in [-0.3, -0.25) is 9.89 Å². The summed E-state index contributed by atoms with van der Waals surface area (Å²) in [5.74, 6) is 2.46. The summed E-state index contributed by atoms with van der Waals surface area (Å²) in [5, 5.41) is 6.94. The van der Waals surface area contributed by atoms with Crippen molar-refractivity contribution in [1.29, 1.82) is 0 Å². The minimum absolute atomic E-state index is 0. The van der Waals surface area contributed by atoms with Crippen LogP contribution in [0, 0.1) is 0 Å². The monoisotopic (exact) mass is 546 g/mol. The molecule has 1 aromatic carbocycles. The Morgan fingerprint density at radius 1 is 1.13 bits per heavy atom. The summed E-state index contributed by atoms with van der Waals surface area (Å²) >= 11 is 0. The number of ether oxygens (including phenoxy) is 3. The van der Waals surface area contributed by atoms with Crippen molar-refractivity contribution in [3.63, 3.8) is 0 Å². The molecule has 0 radical (unpaired) electrons. The van der Waals surface area contributed by atoms with Crippen LogP contribution in [0.25, 0.3) is 0 Å². The minimum Gasteiger partial charge on any atom is -0.493 e. The van der Waals surface area contributed by atoms with E-state index in [4.69, 9.17) is 14.2 Å². The molecule has 0 spiro atoms. The third-order valence-corrected chi connectivity index (χ3v) is 6.12. The van der Waals surface area contributed by atoms with Gasteiger partial charge in [0.15, 0.2) is 17.5 Å². The van der Waals surface area contributed by atoms with Crippen LogP contribution in [0.2, 0.25) is 0 Å². The van der Waals surface area contributed by atoms with Crippen LogP contribution >= 0.6 is 24.0 Å². The molecular weight excluding hydrogens is 507 g/mol. The van der Waals surface area contributed by atoms with E-state index >= 15 is 0 Å². The molecule has 0 bridgehead atoms. The molecule has 176 valence electrons. The molecule has 2 N–H and O–H groups in total. The number of nitrogens with zero attached hydrogens (tertiary/aromatic N) is 2. The fourth-order valence-corrected chi connectivity index (χ4v) is 4.41. The zero-order chi connectivity index (χ0) is 21.2. The van der Waals surface area contributed by atoms with Crippen LogP contribution in [0.5, 0.6) is 11.5 Å². The van der Waals surface area contributed by atoms with Gasteiger partial charge < -0.3 is 24.8 Å². The Labute approximate surface area is 204 Å². The maximum atomic E-state index is 6.34. The second-order valence-electron chi connectivity index (χ2n) is 8.10.